The van der Waals surface area contributed by atoms with E-state index >= 15 is 0 Å². The average molecular weight is 588 g/mol. The maximum Gasteiger partial charge on any atom is 0.339 e. The Morgan fingerprint density at radius 2 is 1.37 bits per heavy atom. The number of ketones is 1. The highest BCUT2D eigenvalue weighted by Crippen LogP contribution is 2.35. The minimum absolute atomic E-state index is 0.00319. The number of carboxylic acid groups (broad SMARTS) is 3. The molecule has 0 radical (unpaired) electrons. The SMILES string of the molecule is O=C(O)C1=CC(=C(c2ccc(O)c(C(=O)O)c2)c2ccc(OCNCCc3ccc(O)c(O)c3)c(C(=O)O)c2)C=CC1=O. The Morgan fingerprint density at radius 3 is 2.02 bits per heavy atom. The van der Waals surface area contributed by atoms with Crippen molar-refractivity contribution < 1.29 is 54.6 Å². The number of hydrogen-bond acceptors (Lipinski definition) is 9. The van der Waals surface area contributed by atoms with Crippen molar-refractivity contribution in [3.8, 4) is 23.0 Å². The first-order valence-electron chi connectivity index (χ1n) is 12.7. The van der Waals surface area contributed by atoms with Crippen LogP contribution in [0.1, 0.15) is 37.4 Å². The van der Waals surface area contributed by atoms with Gasteiger partial charge in [-0.15, -0.1) is 0 Å². The number of hydrogen-bond donors (Lipinski definition) is 7. The van der Waals surface area contributed by atoms with E-state index in [1.54, 1.807) is 6.07 Å². The lowest BCUT2D eigenvalue weighted by Gasteiger charge is -2.17. The summed E-state index contributed by atoms with van der Waals surface area (Å²) in [6.45, 7) is 0.324. The van der Waals surface area contributed by atoms with Crippen LogP contribution in [0, 0.1) is 0 Å². The molecule has 220 valence electrons. The summed E-state index contributed by atoms with van der Waals surface area (Å²) in [4.78, 5) is 47.7. The number of phenols is 3. The molecule has 0 unspecified atom stereocenters. The number of allylic oxidation sites excluding steroid dienone is 4. The molecule has 7 N–H and O–H groups in total. The Morgan fingerprint density at radius 1 is 0.721 bits per heavy atom. The molecule has 0 heterocycles. The number of benzene rings is 3. The van der Waals surface area contributed by atoms with Crippen LogP contribution < -0.4 is 10.1 Å². The number of rotatable bonds is 11. The first-order valence-corrected chi connectivity index (χ1v) is 12.7. The zero-order valence-electron chi connectivity index (χ0n) is 22.3. The van der Waals surface area contributed by atoms with E-state index in [0.29, 0.717) is 13.0 Å². The van der Waals surface area contributed by atoms with Crippen molar-refractivity contribution in [2.24, 2.45) is 0 Å². The molecule has 43 heavy (non-hydrogen) atoms. The quantitative estimate of drug-likeness (QED) is 0.0745. The van der Waals surface area contributed by atoms with E-state index in [1.807, 2.05) is 0 Å². The summed E-state index contributed by atoms with van der Waals surface area (Å²) in [5.74, 6) is -5.98. The number of nitrogens with one attached hydrogen (secondary N) is 1. The molecule has 1 aliphatic carbocycles. The Balaban J connectivity index is 1.67. The molecule has 12 nitrogen and oxygen atoms in total. The fraction of sp³-hybridized carbons (Fsp3) is 0.0968. The van der Waals surface area contributed by atoms with Crippen molar-refractivity contribution in [1.29, 1.82) is 0 Å². The summed E-state index contributed by atoms with van der Waals surface area (Å²) in [6.07, 6.45) is 3.96. The number of aliphatic carboxylic acids is 1. The number of phenolic OH excluding ortho intramolecular Hbond substituents is 2. The fourth-order valence-corrected chi connectivity index (χ4v) is 4.35. The van der Waals surface area contributed by atoms with E-state index in [9.17, 15) is 49.8 Å². The van der Waals surface area contributed by atoms with Crippen LogP contribution in [0.15, 0.2) is 84.0 Å². The second-order valence-corrected chi connectivity index (χ2v) is 9.31. The fourth-order valence-electron chi connectivity index (χ4n) is 4.35. The van der Waals surface area contributed by atoms with Crippen LogP contribution in [-0.2, 0) is 16.0 Å². The molecule has 0 amide bonds. The summed E-state index contributed by atoms with van der Waals surface area (Å²) in [6, 6.07) is 12.3. The molecule has 0 aromatic heterocycles. The highest BCUT2D eigenvalue weighted by Gasteiger charge is 2.23. The molecular weight excluding hydrogens is 562 g/mol. The maximum absolute atomic E-state index is 12.2. The van der Waals surface area contributed by atoms with Gasteiger partial charge in [0.05, 0.1) is 0 Å². The average Bonchev–Trinajstić information content (AvgIpc) is 2.96. The lowest BCUT2D eigenvalue weighted by molar-refractivity contribution is -0.134. The Labute approximate surface area is 243 Å². The zero-order valence-corrected chi connectivity index (χ0v) is 22.3. The molecule has 3 aromatic carbocycles. The predicted molar refractivity (Wildman–Crippen MR) is 151 cm³/mol. The van der Waals surface area contributed by atoms with Gasteiger partial charge in [-0.3, -0.25) is 10.1 Å². The van der Waals surface area contributed by atoms with Gasteiger partial charge in [-0.05, 0) is 82.8 Å². The molecule has 0 saturated heterocycles. The number of aromatic hydroxyl groups is 3. The van der Waals surface area contributed by atoms with E-state index in [0.717, 1.165) is 29.8 Å². The highest BCUT2D eigenvalue weighted by atomic mass is 16.5. The van der Waals surface area contributed by atoms with Gasteiger partial charge in [0.1, 0.15) is 34.9 Å². The second-order valence-electron chi connectivity index (χ2n) is 9.31. The third-order valence-electron chi connectivity index (χ3n) is 6.47. The largest absolute Gasteiger partial charge is 0.507 e. The summed E-state index contributed by atoms with van der Waals surface area (Å²) < 4.78 is 5.64. The van der Waals surface area contributed by atoms with Gasteiger partial charge < -0.3 is 35.4 Å². The molecule has 12 heteroatoms. The first-order chi connectivity index (χ1) is 20.5. The molecule has 4 rings (SSSR count). The van der Waals surface area contributed by atoms with Crippen LogP contribution in [0.3, 0.4) is 0 Å². The monoisotopic (exact) mass is 587 g/mol. The van der Waals surface area contributed by atoms with Gasteiger partial charge in [-0.1, -0.05) is 24.3 Å². The number of carboxylic acids is 3. The van der Waals surface area contributed by atoms with Crippen molar-refractivity contribution in [3.63, 3.8) is 0 Å². The van der Waals surface area contributed by atoms with Crippen molar-refractivity contribution in [2.75, 3.05) is 13.3 Å². The second kappa shape index (κ2) is 12.7. The molecule has 1 aliphatic rings. The van der Waals surface area contributed by atoms with Gasteiger partial charge in [0.25, 0.3) is 0 Å². The van der Waals surface area contributed by atoms with E-state index < -0.39 is 40.6 Å². The lowest BCUT2D eigenvalue weighted by atomic mass is 9.87. The van der Waals surface area contributed by atoms with E-state index in [-0.39, 0.29) is 51.8 Å². The Bertz CT molecular complexity index is 1730. The minimum atomic E-state index is -1.48. The molecule has 0 saturated carbocycles. The van der Waals surface area contributed by atoms with Crippen LogP contribution in [0.25, 0.3) is 5.57 Å². The minimum Gasteiger partial charge on any atom is -0.507 e. The van der Waals surface area contributed by atoms with Gasteiger partial charge in [0.15, 0.2) is 17.3 Å². The molecular formula is C31H25NO11. The van der Waals surface area contributed by atoms with Crippen LogP contribution >= 0.6 is 0 Å². The zero-order chi connectivity index (χ0) is 31.3. The summed E-state index contributed by atoms with van der Waals surface area (Å²) in [5, 5.41) is 61.0. The molecule has 0 spiro atoms. The number of carbonyl (C=O) groups is 4. The lowest BCUT2D eigenvalue weighted by Crippen LogP contribution is -2.23. The van der Waals surface area contributed by atoms with Crippen molar-refractivity contribution in [3.05, 3.63) is 112 Å². The number of ether oxygens (including phenoxy) is 1. The van der Waals surface area contributed by atoms with Crippen molar-refractivity contribution in [1.82, 2.24) is 5.32 Å². The van der Waals surface area contributed by atoms with E-state index in [4.69, 9.17) is 4.74 Å². The number of carbonyl (C=O) groups excluding carboxylic acids is 1. The summed E-state index contributed by atoms with van der Waals surface area (Å²) >= 11 is 0. The molecule has 0 aliphatic heterocycles. The first kappa shape index (κ1) is 30.1. The van der Waals surface area contributed by atoms with Gasteiger partial charge in [0.2, 0.25) is 0 Å². The van der Waals surface area contributed by atoms with E-state index in [2.05, 4.69) is 5.32 Å². The third kappa shape index (κ3) is 6.89. The predicted octanol–water partition coefficient (Wildman–Crippen LogP) is 3.32. The Hall–Kier alpha value is -5.88. The topological polar surface area (TPSA) is 211 Å². The highest BCUT2D eigenvalue weighted by molar-refractivity contribution is 6.23. The molecule has 3 aromatic rings. The van der Waals surface area contributed by atoms with Crippen LogP contribution in [0.4, 0.5) is 0 Å². The maximum atomic E-state index is 12.2. The van der Waals surface area contributed by atoms with Gasteiger partial charge in [-0.25, -0.2) is 14.4 Å². The Kier molecular flexibility index (Phi) is 8.92. The van der Waals surface area contributed by atoms with Crippen molar-refractivity contribution >= 4 is 29.3 Å². The van der Waals surface area contributed by atoms with Gasteiger partial charge in [0, 0.05) is 6.54 Å². The van der Waals surface area contributed by atoms with Gasteiger partial charge in [-0.2, -0.15) is 0 Å². The summed E-state index contributed by atoms with van der Waals surface area (Å²) in [7, 11) is 0. The van der Waals surface area contributed by atoms with Crippen LogP contribution in [-0.4, -0.2) is 67.6 Å². The third-order valence-corrected chi connectivity index (χ3v) is 6.47. The van der Waals surface area contributed by atoms with Crippen LogP contribution in [0.2, 0.25) is 0 Å². The molecule has 0 bridgehead atoms. The standard InChI is InChI=1S/C31H25NO11/c33-23-6-2-17(12-20(23)29(37)38)28(18-3-7-24(34)21(13-18)30(39)40)19-4-8-27(22(14-19)31(41)42)43-15-32-10-9-16-1-5-25(35)26(36)11-16/h1-8,11-14,32-33,35-36H,9-10,15H2,(H,37,38)(H,39,40)(H,41,42). The smallest absolute Gasteiger partial charge is 0.339 e. The van der Waals surface area contributed by atoms with Gasteiger partial charge >= 0.3 is 17.9 Å². The van der Waals surface area contributed by atoms with Crippen LogP contribution in [0.5, 0.6) is 23.0 Å². The molecule has 0 atom stereocenters. The normalized spacial score (nSPS) is 13.8. The molecule has 0 fully saturated rings. The number of aromatic carboxylic acids is 2. The van der Waals surface area contributed by atoms with Crippen molar-refractivity contribution in [2.45, 2.75) is 6.42 Å². The summed E-state index contributed by atoms with van der Waals surface area (Å²) in [5.41, 5.74) is 0.341. The van der Waals surface area contributed by atoms with E-state index in [1.165, 1.54) is 42.5 Å².